The van der Waals surface area contributed by atoms with E-state index in [2.05, 4.69) is 115 Å². The van der Waals surface area contributed by atoms with Gasteiger partial charge in [0.1, 0.15) is 11.2 Å². The van der Waals surface area contributed by atoms with Crippen LogP contribution in [0.5, 0.6) is 0 Å². The number of fused-ring (bicyclic) bond motifs is 10. The van der Waals surface area contributed by atoms with E-state index >= 15 is 0 Å². The van der Waals surface area contributed by atoms with Crippen molar-refractivity contribution in [2.75, 3.05) is 0 Å². The Bertz CT molecular complexity index is 2450. The molecule has 190 valence electrons. The van der Waals surface area contributed by atoms with E-state index in [9.17, 15) is 0 Å². The summed E-state index contributed by atoms with van der Waals surface area (Å²) in [6.45, 7) is 0. The fraction of sp³-hybridized carbons (Fsp3) is 0. The lowest BCUT2D eigenvalue weighted by Crippen LogP contribution is -1.93. The minimum absolute atomic E-state index is 0.872. The molecule has 0 fully saturated rings. The quantitative estimate of drug-likeness (QED) is 0.212. The number of hydrogen-bond acceptors (Lipinski definition) is 3. The van der Waals surface area contributed by atoms with Gasteiger partial charge in [0.15, 0.2) is 0 Å². The van der Waals surface area contributed by atoms with Gasteiger partial charge in [0.2, 0.25) is 0 Å². The van der Waals surface area contributed by atoms with Gasteiger partial charge in [-0.3, -0.25) is 4.98 Å². The normalized spacial score (nSPS) is 11.9. The van der Waals surface area contributed by atoms with Crippen LogP contribution in [0.4, 0.5) is 0 Å². The van der Waals surface area contributed by atoms with Gasteiger partial charge in [-0.15, -0.1) is 0 Å². The van der Waals surface area contributed by atoms with Gasteiger partial charge in [0, 0.05) is 27.1 Å². The third kappa shape index (κ3) is 3.26. The topological polar surface area (TPSA) is 38.9 Å². The van der Waals surface area contributed by atoms with Crippen LogP contribution in [0.25, 0.3) is 87.7 Å². The van der Waals surface area contributed by atoms with Crippen molar-refractivity contribution in [2.24, 2.45) is 0 Å². The molecule has 0 bridgehead atoms. The summed E-state index contributed by atoms with van der Waals surface area (Å²) >= 11 is 0. The zero-order chi connectivity index (χ0) is 26.9. The van der Waals surface area contributed by atoms with E-state index in [1.807, 2.05) is 18.3 Å². The molecule has 0 radical (unpaired) electrons. The molecule has 0 aliphatic rings. The van der Waals surface area contributed by atoms with Crippen LogP contribution in [0.1, 0.15) is 0 Å². The first kappa shape index (κ1) is 22.3. The molecule has 3 heteroatoms. The molecule has 0 aliphatic carbocycles. The molecule has 9 aromatic rings. The summed E-state index contributed by atoms with van der Waals surface area (Å²) in [6.07, 6.45) is 1.93. The van der Waals surface area contributed by atoms with Crippen molar-refractivity contribution >= 4 is 65.3 Å². The molecule has 0 aliphatic heterocycles. The van der Waals surface area contributed by atoms with Crippen LogP contribution >= 0.6 is 0 Å². The van der Waals surface area contributed by atoms with Crippen molar-refractivity contribution in [3.8, 4) is 22.4 Å². The van der Waals surface area contributed by atoms with Gasteiger partial charge in [-0.05, 0) is 50.9 Å². The van der Waals surface area contributed by atoms with Gasteiger partial charge >= 0.3 is 0 Å². The van der Waals surface area contributed by atoms with Crippen molar-refractivity contribution in [2.45, 2.75) is 0 Å². The van der Waals surface area contributed by atoms with Gasteiger partial charge in [0.05, 0.1) is 22.9 Å². The zero-order valence-corrected chi connectivity index (χ0v) is 22.0. The maximum atomic E-state index is 6.08. The summed E-state index contributed by atoms with van der Waals surface area (Å²) in [5.74, 6) is 0. The molecule has 3 nitrogen and oxygen atoms in total. The fourth-order valence-electron chi connectivity index (χ4n) is 6.43. The average Bonchev–Trinajstić information content (AvgIpc) is 3.42. The largest absolute Gasteiger partial charge is 0.456 e. The van der Waals surface area contributed by atoms with Crippen LogP contribution in [0.3, 0.4) is 0 Å². The van der Waals surface area contributed by atoms with E-state index in [4.69, 9.17) is 14.4 Å². The standard InChI is InChI=1S/C38H22N2O/c1-3-12-31-27(9-1)28-10-2-4-13-32(28)38-37(31)39-22-34(40-38)29-17-8-15-25-24(14-7-16-26(25)29)23-19-20-36-33(21-23)30-11-5-6-18-35(30)41-36/h1-22H. The van der Waals surface area contributed by atoms with Gasteiger partial charge in [-0.2, -0.15) is 0 Å². The molecule has 0 saturated carbocycles. The summed E-state index contributed by atoms with van der Waals surface area (Å²) in [4.78, 5) is 10.3. The molecule has 7 aromatic carbocycles. The van der Waals surface area contributed by atoms with E-state index in [1.165, 1.54) is 21.7 Å². The average molecular weight is 523 g/mol. The van der Waals surface area contributed by atoms with Crippen LogP contribution in [0.2, 0.25) is 0 Å². The van der Waals surface area contributed by atoms with Crippen molar-refractivity contribution < 1.29 is 4.42 Å². The van der Waals surface area contributed by atoms with Crippen LogP contribution in [-0.2, 0) is 0 Å². The molecule has 9 rings (SSSR count). The van der Waals surface area contributed by atoms with Gasteiger partial charge in [0.25, 0.3) is 0 Å². The molecule has 2 aromatic heterocycles. The Labute approximate surface area is 235 Å². The Morgan fingerprint density at radius 1 is 0.415 bits per heavy atom. The van der Waals surface area contributed by atoms with E-state index < -0.39 is 0 Å². The van der Waals surface area contributed by atoms with Gasteiger partial charge < -0.3 is 4.42 Å². The molecular weight excluding hydrogens is 500 g/mol. The SMILES string of the molecule is c1ccc2c(c1)oc1ccc(-c3cccc4c(-c5cnc6c7ccccc7c7ccccc7c6n5)cccc34)cc12. The van der Waals surface area contributed by atoms with Crippen molar-refractivity contribution in [3.05, 3.63) is 134 Å². The highest BCUT2D eigenvalue weighted by Crippen LogP contribution is 2.39. The smallest absolute Gasteiger partial charge is 0.135 e. The first-order valence-corrected chi connectivity index (χ1v) is 13.8. The van der Waals surface area contributed by atoms with Crippen LogP contribution < -0.4 is 0 Å². The first-order valence-electron chi connectivity index (χ1n) is 13.8. The number of aromatic nitrogens is 2. The number of hydrogen-bond donors (Lipinski definition) is 0. The Kier molecular flexibility index (Phi) is 4.61. The van der Waals surface area contributed by atoms with Gasteiger partial charge in [-0.25, -0.2) is 4.98 Å². The number of nitrogens with zero attached hydrogens (tertiary/aromatic N) is 2. The Morgan fingerprint density at radius 2 is 1.00 bits per heavy atom. The number of benzene rings is 7. The van der Waals surface area contributed by atoms with Crippen LogP contribution in [0.15, 0.2) is 138 Å². The van der Waals surface area contributed by atoms with Crippen molar-refractivity contribution in [1.82, 2.24) is 9.97 Å². The van der Waals surface area contributed by atoms with Crippen LogP contribution in [-0.4, -0.2) is 9.97 Å². The maximum Gasteiger partial charge on any atom is 0.135 e. The summed E-state index contributed by atoms with van der Waals surface area (Å²) in [5, 5.41) is 9.25. The zero-order valence-electron chi connectivity index (χ0n) is 22.0. The Morgan fingerprint density at radius 3 is 1.78 bits per heavy atom. The third-order valence-corrected chi connectivity index (χ3v) is 8.31. The van der Waals surface area contributed by atoms with Crippen molar-refractivity contribution in [3.63, 3.8) is 0 Å². The molecule has 0 N–H and O–H groups in total. The van der Waals surface area contributed by atoms with Crippen LogP contribution in [0, 0.1) is 0 Å². The summed E-state index contributed by atoms with van der Waals surface area (Å²) in [6, 6.07) is 44.7. The van der Waals surface area contributed by atoms with Crippen molar-refractivity contribution in [1.29, 1.82) is 0 Å². The lowest BCUT2D eigenvalue weighted by Gasteiger charge is -2.13. The Hall–Kier alpha value is -5.54. The van der Waals surface area contributed by atoms with Gasteiger partial charge in [-0.1, -0.05) is 109 Å². The second kappa shape index (κ2) is 8.48. The number of rotatable bonds is 2. The predicted octanol–water partition coefficient (Wildman–Crippen LogP) is 10.3. The maximum absolute atomic E-state index is 6.08. The second-order valence-corrected chi connectivity index (χ2v) is 10.6. The molecule has 0 unspecified atom stereocenters. The molecule has 2 heterocycles. The molecule has 0 saturated heterocycles. The van der Waals surface area contributed by atoms with E-state index in [-0.39, 0.29) is 0 Å². The molecule has 0 atom stereocenters. The lowest BCUT2D eigenvalue weighted by atomic mass is 9.94. The molecule has 0 spiro atoms. The van der Waals surface area contributed by atoms with E-state index in [0.717, 1.165) is 66.0 Å². The fourth-order valence-corrected chi connectivity index (χ4v) is 6.43. The summed E-state index contributed by atoms with van der Waals surface area (Å²) in [5.41, 5.74) is 7.97. The molecule has 41 heavy (non-hydrogen) atoms. The molecule has 0 amide bonds. The first-order chi connectivity index (χ1) is 20.3. The minimum Gasteiger partial charge on any atom is -0.456 e. The minimum atomic E-state index is 0.872. The second-order valence-electron chi connectivity index (χ2n) is 10.6. The summed E-state index contributed by atoms with van der Waals surface area (Å²) < 4.78 is 6.08. The summed E-state index contributed by atoms with van der Waals surface area (Å²) in [7, 11) is 0. The highest BCUT2D eigenvalue weighted by atomic mass is 16.3. The predicted molar refractivity (Wildman–Crippen MR) is 170 cm³/mol. The molecular formula is C38H22N2O. The monoisotopic (exact) mass is 522 g/mol. The highest BCUT2D eigenvalue weighted by Gasteiger charge is 2.15. The third-order valence-electron chi connectivity index (χ3n) is 8.31. The highest BCUT2D eigenvalue weighted by molar-refractivity contribution is 6.23. The van der Waals surface area contributed by atoms with E-state index in [1.54, 1.807) is 0 Å². The lowest BCUT2D eigenvalue weighted by molar-refractivity contribution is 0.669. The van der Waals surface area contributed by atoms with E-state index in [0.29, 0.717) is 0 Å². The Balaban J connectivity index is 1.27. The number of para-hydroxylation sites is 1. The number of furan rings is 1.